The van der Waals surface area contributed by atoms with Crippen LogP contribution < -0.4 is 0 Å². The van der Waals surface area contributed by atoms with E-state index < -0.39 is 64.5 Å². The minimum absolute atomic E-state index is 0.615. The smallest absolute Gasteiger partial charge is 0.468 e. The minimum atomic E-state index is -6.22. The summed E-state index contributed by atoms with van der Waals surface area (Å²) >= 11 is 0. The largest absolute Gasteiger partial charge is 0.743 e. The van der Waals surface area contributed by atoms with Crippen LogP contribution in [-0.4, -0.2) is 55.3 Å². The van der Waals surface area contributed by atoms with Gasteiger partial charge in [0.2, 0.25) is 0 Å². The molecule has 0 N–H and O–H groups in total. The molecule has 8 nitrogen and oxygen atoms in total. The monoisotopic (exact) mass is 425 g/mol. The first-order valence-corrected chi connectivity index (χ1v) is 8.13. The number of ether oxygens (including phenoxy) is 3. The van der Waals surface area contributed by atoms with Gasteiger partial charge in [0.05, 0.1) is 6.61 Å². The maximum Gasteiger partial charge on any atom is 0.468 e. The standard InChI is InChI=1S/C13H15F5O8S/c1-4-6-24-10(20)12(13(16,17)18,26-9(19)8(2)3)25-7-5-11(14,15)27(21,22)23/h4H,1-2,5-7H2,3H3,(H,21,22,23)/p-1. The van der Waals surface area contributed by atoms with E-state index in [0.29, 0.717) is 0 Å². The molecule has 0 saturated carbocycles. The molecular formula is C13H14F5O8S-. The fraction of sp³-hybridized carbons (Fsp3) is 0.538. The van der Waals surface area contributed by atoms with Crippen molar-refractivity contribution in [2.45, 2.75) is 30.6 Å². The molecule has 156 valence electrons. The molecule has 0 heterocycles. The Hall–Kier alpha value is -2.06. The van der Waals surface area contributed by atoms with E-state index in [1.807, 2.05) is 0 Å². The van der Waals surface area contributed by atoms with E-state index in [-0.39, 0.29) is 0 Å². The molecule has 0 aromatic rings. The Morgan fingerprint density at radius 1 is 1.19 bits per heavy atom. The van der Waals surface area contributed by atoms with Gasteiger partial charge in [-0.25, -0.2) is 18.0 Å². The van der Waals surface area contributed by atoms with Crippen LogP contribution in [0.3, 0.4) is 0 Å². The summed E-state index contributed by atoms with van der Waals surface area (Å²) in [6.07, 6.45) is -7.05. The maximum atomic E-state index is 13.4. The maximum absolute atomic E-state index is 13.4. The zero-order valence-corrected chi connectivity index (χ0v) is 14.5. The normalized spacial score (nSPS) is 14.8. The summed E-state index contributed by atoms with van der Waals surface area (Å²) in [5.74, 6) is -8.64. The Kier molecular flexibility index (Phi) is 8.08. The van der Waals surface area contributed by atoms with Gasteiger partial charge in [-0.1, -0.05) is 19.2 Å². The molecule has 0 aliphatic carbocycles. The van der Waals surface area contributed by atoms with Crippen LogP contribution in [0, 0.1) is 0 Å². The van der Waals surface area contributed by atoms with E-state index in [4.69, 9.17) is 0 Å². The molecule has 0 aliphatic heterocycles. The van der Waals surface area contributed by atoms with Crippen molar-refractivity contribution in [3.63, 3.8) is 0 Å². The molecule has 0 rings (SSSR count). The van der Waals surface area contributed by atoms with Gasteiger partial charge in [-0.05, 0) is 6.92 Å². The highest BCUT2D eigenvalue weighted by Crippen LogP contribution is 2.38. The first-order valence-electron chi connectivity index (χ1n) is 6.72. The van der Waals surface area contributed by atoms with E-state index in [9.17, 15) is 44.5 Å². The second-order valence-corrected chi connectivity index (χ2v) is 6.37. The molecule has 0 amide bonds. The van der Waals surface area contributed by atoms with Crippen LogP contribution in [0.1, 0.15) is 13.3 Å². The van der Waals surface area contributed by atoms with Gasteiger partial charge >= 0.3 is 29.2 Å². The first kappa shape index (κ1) is 24.9. The number of rotatable bonds is 10. The molecule has 0 aromatic carbocycles. The van der Waals surface area contributed by atoms with Crippen LogP contribution in [-0.2, 0) is 33.9 Å². The number of hydrogen-bond donors (Lipinski definition) is 0. The van der Waals surface area contributed by atoms with Crippen LogP contribution >= 0.6 is 0 Å². The van der Waals surface area contributed by atoms with Gasteiger partial charge in [0.15, 0.2) is 10.1 Å². The minimum Gasteiger partial charge on any atom is -0.743 e. The van der Waals surface area contributed by atoms with Crippen LogP contribution in [0.5, 0.6) is 0 Å². The van der Waals surface area contributed by atoms with E-state index in [2.05, 4.69) is 27.4 Å². The van der Waals surface area contributed by atoms with Gasteiger partial charge in [0.25, 0.3) is 0 Å². The third-order valence-electron chi connectivity index (χ3n) is 2.62. The lowest BCUT2D eigenvalue weighted by Gasteiger charge is -2.32. The summed E-state index contributed by atoms with van der Waals surface area (Å²) in [5, 5.41) is -5.01. The van der Waals surface area contributed by atoms with Crippen molar-refractivity contribution in [2.75, 3.05) is 13.2 Å². The highest BCUT2D eigenvalue weighted by molar-refractivity contribution is 7.86. The molecule has 0 fully saturated rings. The van der Waals surface area contributed by atoms with Gasteiger partial charge in [-0.15, -0.1) is 0 Å². The number of alkyl halides is 5. The molecule has 0 spiro atoms. The Bertz CT molecular complexity index is 700. The first-order chi connectivity index (χ1) is 12.0. The predicted molar refractivity (Wildman–Crippen MR) is 76.1 cm³/mol. The molecule has 1 atom stereocenters. The third-order valence-corrected chi connectivity index (χ3v) is 3.56. The highest BCUT2D eigenvalue weighted by Gasteiger charge is 2.68. The van der Waals surface area contributed by atoms with Crippen molar-refractivity contribution < 1.29 is 58.7 Å². The molecule has 1 unspecified atom stereocenters. The summed E-state index contributed by atoms with van der Waals surface area (Å²) in [6, 6.07) is 0. The molecule has 0 saturated heterocycles. The third kappa shape index (κ3) is 6.25. The SMILES string of the molecule is C=CCOC(=O)C(OCCC(F)(F)S(=O)(=O)[O-])(OC(=O)C(=C)C)C(F)(F)F. The zero-order chi connectivity index (χ0) is 21.7. The number of carbonyl (C=O) groups is 2. The van der Waals surface area contributed by atoms with Crippen LogP contribution in [0.15, 0.2) is 24.8 Å². The lowest BCUT2D eigenvalue weighted by atomic mass is 10.2. The highest BCUT2D eigenvalue weighted by atomic mass is 32.2. The molecule has 0 bridgehead atoms. The number of carbonyl (C=O) groups excluding carboxylic acids is 2. The van der Waals surface area contributed by atoms with E-state index in [0.717, 1.165) is 13.0 Å². The Morgan fingerprint density at radius 3 is 2.07 bits per heavy atom. The van der Waals surface area contributed by atoms with Crippen molar-refractivity contribution in [3.8, 4) is 0 Å². The summed E-state index contributed by atoms with van der Waals surface area (Å²) in [7, 11) is -6.22. The number of halogens is 5. The topological polar surface area (TPSA) is 119 Å². The average Bonchev–Trinajstić information content (AvgIpc) is 2.48. The molecule has 0 aromatic heterocycles. The summed E-state index contributed by atoms with van der Waals surface area (Å²) in [5.41, 5.74) is -0.615. The Labute approximate surface area is 150 Å². The summed E-state index contributed by atoms with van der Waals surface area (Å²) in [6.45, 7) is 4.35. The van der Waals surface area contributed by atoms with Gasteiger partial charge in [-0.2, -0.15) is 22.0 Å². The van der Waals surface area contributed by atoms with E-state index in [1.165, 1.54) is 0 Å². The number of hydrogen-bond acceptors (Lipinski definition) is 8. The fourth-order valence-corrected chi connectivity index (χ4v) is 1.60. The van der Waals surface area contributed by atoms with Crippen molar-refractivity contribution in [3.05, 3.63) is 24.8 Å². The molecular weight excluding hydrogens is 411 g/mol. The quantitative estimate of drug-likeness (QED) is 0.129. The van der Waals surface area contributed by atoms with Crippen molar-refractivity contribution in [1.29, 1.82) is 0 Å². The lowest BCUT2D eigenvalue weighted by Crippen LogP contribution is -2.58. The Morgan fingerprint density at radius 2 is 1.70 bits per heavy atom. The Balaban J connectivity index is 5.85. The summed E-state index contributed by atoms with van der Waals surface area (Å²) < 4.78 is 110. The lowest BCUT2D eigenvalue weighted by molar-refractivity contribution is -0.355. The van der Waals surface area contributed by atoms with Crippen LogP contribution in [0.25, 0.3) is 0 Å². The van der Waals surface area contributed by atoms with Gasteiger partial charge in [0, 0.05) is 12.0 Å². The van der Waals surface area contributed by atoms with Crippen molar-refractivity contribution in [1.82, 2.24) is 0 Å². The summed E-state index contributed by atoms with van der Waals surface area (Å²) in [4.78, 5) is 23.3. The van der Waals surface area contributed by atoms with Gasteiger partial charge in [0.1, 0.15) is 6.61 Å². The number of esters is 2. The average molecular weight is 425 g/mol. The van der Waals surface area contributed by atoms with Crippen molar-refractivity contribution in [2.24, 2.45) is 0 Å². The molecule has 0 radical (unpaired) electrons. The van der Waals surface area contributed by atoms with E-state index in [1.54, 1.807) is 0 Å². The van der Waals surface area contributed by atoms with Gasteiger partial charge in [-0.3, -0.25) is 0 Å². The molecule has 14 heteroatoms. The van der Waals surface area contributed by atoms with Crippen LogP contribution in [0.4, 0.5) is 22.0 Å². The van der Waals surface area contributed by atoms with Crippen molar-refractivity contribution >= 4 is 22.1 Å². The second-order valence-electron chi connectivity index (χ2n) is 4.86. The fourth-order valence-electron chi connectivity index (χ4n) is 1.27. The van der Waals surface area contributed by atoms with E-state index >= 15 is 0 Å². The zero-order valence-electron chi connectivity index (χ0n) is 13.7. The molecule has 0 aliphatic rings. The predicted octanol–water partition coefficient (Wildman–Crippen LogP) is 1.64. The van der Waals surface area contributed by atoms with Crippen LogP contribution in [0.2, 0.25) is 0 Å². The van der Waals surface area contributed by atoms with Gasteiger partial charge < -0.3 is 18.8 Å². The molecule has 27 heavy (non-hydrogen) atoms. The second kappa shape index (κ2) is 8.75.